The number of aromatic nitrogens is 3. The van der Waals surface area contributed by atoms with Crippen LogP contribution in [-0.4, -0.2) is 33.3 Å². The third-order valence-corrected chi connectivity index (χ3v) is 4.58. The number of nitrogens with two attached hydrogens (primary N) is 1. The Hall–Kier alpha value is -2.37. The van der Waals surface area contributed by atoms with Gasteiger partial charge in [0.05, 0.1) is 5.56 Å². The molecule has 0 saturated heterocycles. The summed E-state index contributed by atoms with van der Waals surface area (Å²) in [5, 5.41) is 4.18. The van der Waals surface area contributed by atoms with Crippen LogP contribution in [0.4, 0.5) is 22.0 Å². The predicted molar refractivity (Wildman–Crippen MR) is 85.5 cm³/mol. The van der Waals surface area contributed by atoms with Gasteiger partial charge in [0.1, 0.15) is 5.01 Å². The molecule has 2 aromatic heterocycles. The second-order valence-electron chi connectivity index (χ2n) is 5.73. The minimum atomic E-state index is -4.92. The zero-order chi connectivity index (χ0) is 19.3. The van der Waals surface area contributed by atoms with Crippen molar-refractivity contribution in [3.8, 4) is 0 Å². The smallest absolute Gasteiger partial charge is 0.404 e. The molecule has 0 aromatic carbocycles. The van der Waals surface area contributed by atoms with E-state index in [0.29, 0.717) is 5.01 Å². The largest absolute Gasteiger partial charge is 0.434 e. The molecule has 6 nitrogen and oxygen atoms in total. The fourth-order valence-corrected chi connectivity index (χ4v) is 3.08. The third-order valence-electron chi connectivity index (χ3n) is 3.76. The van der Waals surface area contributed by atoms with Crippen LogP contribution < -0.4 is 11.3 Å². The van der Waals surface area contributed by atoms with Gasteiger partial charge in [-0.3, -0.25) is 9.79 Å². The Bertz CT molecular complexity index is 974. The lowest BCUT2D eigenvalue weighted by Gasteiger charge is -2.11. The summed E-state index contributed by atoms with van der Waals surface area (Å²) in [6.07, 6.45) is -3.61. The van der Waals surface area contributed by atoms with E-state index in [4.69, 9.17) is 5.73 Å². The first-order valence-electron chi connectivity index (χ1n) is 7.32. The Balaban J connectivity index is 2.07. The molecule has 1 aliphatic rings. The van der Waals surface area contributed by atoms with Gasteiger partial charge in [-0.05, 0) is 6.92 Å². The first kappa shape index (κ1) is 18.4. The Morgan fingerprint density at radius 1 is 1.50 bits per heavy atom. The van der Waals surface area contributed by atoms with E-state index in [-0.39, 0.29) is 23.5 Å². The van der Waals surface area contributed by atoms with Crippen molar-refractivity contribution in [3.63, 3.8) is 0 Å². The van der Waals surface area contributed by atoms with E-state index in [9.17, 15) is 26.7 Å². The van der Waals surface area contributed by atoms with Crippen LogP contribution in [0.1, 0.15) is 22.7 Å². The van der Waals surface area contributed by atoms with E-state index in [0.717, 1.165) is 28.3 Å². The molecule has 2 heterocycles. The Kier molecular flexibility index (Phi) is 4.33. The van der Waals surface area contributed by atoms with Crippen molar-refractivity contribution < 1.29 is 22.0 Å². The molecular weight excluding hydrogens is 381 g/mol. The topological polar surface area (TPSA) is 85.6 Å². The summed E-state index contributed by atoms with van der Waals surface area (Å²) < 4.78 is 66.6. The Morgan fingerprint density at radius 3 is 2.69 bits per heavy atom. The average Bonchev–Trinajstić information content (AvgIpc) is 2.95. The lowest BCUT2D eigenvalue weighted by molar-refractivity contribution is -0.141. The normalized spacial score (nSPS) is 20.2. The van der Waals surface area contributed by atoms with Crippen molar-refractivity contribution in [3.05, 3.63) is 32.8 Å². The second kappa shape index (κ2) is 6.11. The van der Waals surface area contributed by atoms with Gasteiger partial charge in [0, 0.05) is 36.9 Å². The number of fused-ring (bicyclic) bond motifs is 1. The van der Waals surface area contributed by atoms with Crippen molar-refractivity contribution in [2.24, 2.45) is 16.6 Å². The van der Waals surface area contributed by atoms with Gasteiger partial charge in [-0.25, -0.2) is 13.8 Å². The van der Waals surface area contributed by atoms with Crippen LogP contribution in [0.15, 0.2) is 16.0 Å². The summed E-state index contributed by atoms with van der Waals surface area (Å²) in [6, 6.07) is 0. The highest BCUT2D eigenvalue weighted by Gasteiger charge is 2.56. The summed E-state index contributed by atoms with van der Waals surface area (Å²) in [5.74, 6) is -3.76. The molecular formula is C14H12F5N5OS. The maximum absolute atomic E-state index is 13.4. The first-order chi connectivity index (χ1) is 12.0. The Labute approximate surface area is 146 Å². The molecule has 0 amide bonds. The number of rotatable bonds is 4. The zero-order valence-electron chi connectivity index (χ0n) is 13.2. The molecule has 12 heteroatoms. The second-order valence-corrected chi connectivity index (χ2v) is 6.89. The molecule has 2 N–H and O–H groups in total. The molecule has 0 aliphatic heterocycles. The zero-order valence-corrected chi connectivity index (χ0v) is 14.0. The van der Waals surface area contributed by atoms with Crippen LogP contribution in [0.5, 0.6) is 0 Å². The summed E-state index contributed by atoms with van der Waals surface area (Å²) in [5.41, 5.74) is 1.68. The fourth-order valence-electron chi connectivity index (χ4n) is 2.34. The molecule has 26 heavy (non-hydrogen) atoms. The van der Waals surface area contributed by atoms with Gasteiger partial charge in [0.2, 0.25) is 4.96 Å². The van der Waals surface area contributed by atoms with Gasteiger partial charge in [-0.1, -0.05) is 11.3 Å². The van der Waals surface area contributed by atoms with Crippen LogP contribution in [0.2, 0.25) is 0 Å². The van der Waals surface area contributed by atoms with Crippen molar-refractivity contribution in [2.75, 3.05) is 6.54 Å². The molecule has 2 aromatic rings. The van der Waals surface area contributed by atoms with Crippen molar-refractivity contribution >= 4 is 28.1 Å². The van der Waals surface area contributed by atoms with Crippen molar-refractivity contribution in [2.45, 2.75) is 25.4 Å². The molecule has 0 spiro atoms. The van der Waals surface area contributed by atoms with E-state index in [1.165, 1.54) is 6.92 Å². The number of alkyl halides is 5. The molecule has 1 fully saturated rings. The van der Waals surface area contributed by atoms with Crippen LogP contribution in [0.25, 0.3) is 10.5 Å². The maximum Gasteiger partial charge on any atom is 0.434 e. The molecule has 1 aliphatic carbocycles. The van der Waals surface area contributed by atoms with Crippen LogP contribution in [0.3, 0.4) is 0 Å². The molecule has 0 radical (unpaired) electrons. The molecule has 140 valence electrons. The number of nitrogens with zero attached hydrogens (tertiary/aromatic N) is 4. The number of hydrogen-bond acceptors (Lipinski definition) is 6. The summed E-state index contributed by atoms with van der Waals surface area (Å²) in [6.45, 7) is 1.24. The quantitative estimate of drug-likeness (QED) is 0.639. The molecule has 1 atom stereocenters. The van der Waals surface area contributed by atoms with Crippen LogP contribution in [-0.2, 0) is 6.18 Å². The predicted octanol–water partition coefficient (Wildman–Crippen LogP) is 2.50. The van der Waals surface area contributed by atoms with Crippen molar-refractivity contribution in [1.29, 1.82) is 0 Å². The summed E-state index contributed by atoms with van der Waals surface area (Å²) in [4.78, 5) is 19.5. The monoisotopic (exact) mass is 393 g/mol. The van der Waals surface area contributed by atoms with Gasteiger partial charge in [-0.15, -0.1) is 0 Å². The SMILES string of the molecule is Cc1nn2c(=O)c(/C(C=NCC3CC3(F)F)=C/N)c(C(F)(F)F)nc2s1. The maximum atomic E-state index is 13.4. The highest BCUT2D eigenvalue weighted by atomic mass is 32.1. The minimum Gasteiger partial charge on any atom is -0.404 e. The number of hydrogen-bond donors (Lipinski definition) is 1. The fraction of sp³-hybridized carbons (Fsp3) is 0.429. The molecule has 1 unspecified atom stereocenters. The highest BCUT2D eigenvalue weighted by molar-refractivity contribution is 7.16. The van der Waals surface area contributed by atoms with Crippen LogP contribution in [0, 0.1) is 12.8 Å². The summed E-state index contributed by atoms with van der Waals surface area (Å²) >= 11 is 0.827. The number of allylic oxidation sites excluding steroid dienone is 1. The lowest BCUT2D eigenvalue weighted by Crippen LogP contribution is -2.26. The lowest BCUT2D eigenvalue weighted by atomic mass is 10.1. The van der Waals surface area contributed by atoms with E-state index in [1.54, 1.807) is 0 Å². The number of aryl methyl sites for hydroxylation is 1. The first-order valence-corrected chi connectivity index (χ1v) is 8.14. The van der Waals surface area contributed by atoms with E-state index in [2.05, 4.69) is 15.1 Å². The molecule has 0 bridgehead atoms. The van der Waals surface area contributed by atoms with Crippen molar-refractivity contribution in [1.82, 2.24) is 14.6 Å². The highest BCUT2D eigenvalue weighted by Crippen LogP contribution is 2.48. The van der Waals surface area contributed by atoms with E-state index < -0.39 is 34.8 Å². The Morgan fingerprint density at radius 2 is 2.15 bits per heavy atom. The summed E-state index contributed by atoms with van der Waals surface area (Å²) in [7, 11) is 0. The van der Waals surface area contributed by atoms with Gasteiger partial charge in [0.15, 0.2) is 5.69 Å². The molecule has 3 rings (SSSR count). The third kappa shape index (κ3) is 3.32. The van der Waals surface area contributed by atoms with Gasteiger partial charge < -0.3 is 5.73 Å². The van der Waals surface area contributed by atoms with Crippen LogP contribution >= 0.6 is 11.3 Å². The van der Waals surface area contributed by atoms with Gasteiger partial charge in [0.25, 0.3) is 11.5 Å². The molecule has 1 saturated carbocycles. The van der Waals surface area contributed by atoms with E-state index in [1.807, 2.05) is 0 Å². The minimum absolute atomic E-state index is 0.213. The van der Waals surface area contributed by atoms with Gasteiger partial charge >= 0.3 is 6.18 Å². The number of halogens is 5. The number of aliphatic imine (C=N–C) groups is 1. The average molecular weight is 393 g/mol. The van der Waals surface area contributed by atoms with E-state index >= 15 is 0 Å². The standard InChI is InChI=1S/C14H12F5N5OS/c1-6-23-24-11(25)9(10(14(17,18)19)22-12(24)26-6)7(3-20)4-21-5-8-2-13(8,15)16/h3-4,8H,2,5,20H2,1H3/b7-3+,21-4?. The van der Waals surface area contributed by atoms with Gasteiger partial charge in [-0.2, -0.15) is 22.8 Å².